The maximum absolute atomic E-state index is 11.3. The Morgan fingerprint density at radius 2 is 1.69 bits per heavy atom. The van der Waals surface area contributed by atoms with Gasteiger partial charge in [0.05, 0.1) is 11.7 Å². The maximum Gasteiger partial charge on any atom is 0.335 e. The molecule has 2 aliphatic rings. The van der Waals surface area contributed by atoms with E-state index >= 15 is 0 Å². The van der Waals surface area contributed by atoms with Gasteiger partial charge < -0.3 is 10.2 Å². The Hall–Kier alpha value is -2.69. The minimum Gasteiger partial charge on any atom is -0.478 e. The molecule has 0 saturated heterocycles. The van der Waals surface area contributed by atoms with Crippen LogP contribution in [0.1, 0.15) is 105 Å². The van der Waals surface area contributed by atoms with Gasteiger partial charge in [0.25, 0.3) is 0 Å². The number of carbonyl (C=O) groups is 1. The molecule has 192 valence electrons. The van der Waals surface area contributed by atoms with E-state index in [0.29, 0.717) is 6.04 Å². The van der Waals surface area contributed by atoms with Crippen LogP contribution in [-0.2, 0) is 10.8 Å². The predicted octanol–water partition coefficient (Wildman–Crippen LogP) is 6.98. The number of hydrogen-bond donors (Lipinski definition) is 2. The molecule has 0 fully saturated rings. The van der Waals surface area contributed by atoms with Gasteiger partial charge in [0, 0.05) is 19.1 Å². The number of rotatable bonds is 6. The van der Waals surface area contributed by atoms with Crippen molar-refractivity contribution < 1.29 is 15.0 Å². The second kappa shape index (κ2) is 9.99. The summed E-state index contributed by atoms with van der Waals surface area (Å²) in [5.41, 5.74) is 7.69. The molecule has 1 unspecified atom stereocenters. The van der Waals surface area contributed by atoms with Gasteiger partial charge in [0.1, 0.15) is 0 Å². The molecular weight excluding hydrogens is 446 g/mol. The normalized spacial score (nSPS) is 20.3. The summed E-state index contributed by atoms with van der Waals surface area (Å²) in [5.74, 6) is -0.939. The molecular formula is C32H41NO3. The van der Waals surface area contributed by atoms with Crippen LogP contribution in [0, 0.1) is 0 Å². The highest BCUT2D eigenvalue weighted by atomic mass is 16.4. The van der Waals surface area contributed by atoms with Crippen molar-refractivity contribution in [2.45, 2.75) is 83.8 Å². The molecule has 2 N–H and O–H groups in total. The topological polar surface area (TPSA) is 60.8 Å². The monoisotopic (exact) mass is 487 g/mol. The molecule has 1 aliphatic carbocycles. The van der Waals surface area contributed by atoms with E-state index in [0.717, 1.165) is 43.5 Å². The van der Waals surface area contributed by atoms with Crippen LogP contribution in [0.4, 0.5) is 0 Å². The number of aliphatic hydroxyl groups is 1. The first-order chi connectivity index (χ1) is 16.9. The largest absolute Gasteiger partial charge is 0.478 e. The number of benzene rings is 2. The van der Waals surface area contributed by atoms with Crippen LogP contribution >= 0.6 is 0 Å². The number of hydrogen-bond acceptors (Lipinski definition) is 3. The molecule has 36 heavy (non-hydrogen) atoms. The fourth-order valence-electron chi connectivity index (χ4n) is 5.68. The van der Waals surface area contributed by atoms with Crippen molar-refractivity contribution in [3.63, 3.8) is 0 Å². The van der Waals surface area contributed by atoms with Gasteiger partial charge in [-0.1, -0.05) is 64.1 Å². The fraction of sp³-hybridized carbons (Fsp3) is 0.469. The molecule has 1 atom stereocenters. The lowest BCUT2D eigenvalue weighted by Gasteiger charge is -2.44. The van der Waals surface area contributed by atoms with Crippen LogP contribution in [0.25, 0.3) is 11.6 Å². The van der Waals surface area contributed by atoms with Crippen molar-refractivity contribution >= 4 is 17.6 Å². The summed E-state index contributed by atoms with van der Waals surface area (Å²) < 4.78 is 0. The molecule has 1 aliphatic heterocycles. The first kappa shape index (κ1) is 26.4. The number of carboxylic acids is 1. The summed E-state index contributed by atoms with van der Waals surface area (Å²) in [6.45, 7) is 15.9. The molecule has 1 heterocycles. The summed E-state index contributed by atoms with van der Waals surface area (Å²) in [6.07, 6.45) is 8.62. The lowest BCUT2D eigenvalue weighted by Crippen LogP contribution is -2.37. The molecule has 0 spiro atoms. The zero-order valence-corrected chi connectivity index (χ0v) is 22.6. The van der Waals surface area contributed by atoms with Gasteiger partial charge in [-0.25, -0.2) is 4.79 Å². The van der Waals surface area contributed by atoms with E-state index in [4.69, 9.17) is 5.11 Å². The quantitative estimate of drug-likeness (QED) is 0.461. The molecule has 2 aromatic carbocycles. The molecule has 4 heteroatoms. The highest BCUT2D eigenvalue weighted by molar-refractivity contribution is 5.87. The van der Waals surface area contributed by atoms with E-state index in [2.05, 4.69) is 64.7 Å². The lowest BCUT2D eigenvalue weighted by molar-refractivity contribution is 0.0697. The summed E-state index contributed by atoms with van der Waals surface area (Å²) >= 11 is 0. The third kappa shape index (κ3) is 5.35. The standard InChI is InChI=1S/C32H41NO3/c1-21(2)33-17-13-23(14-18-33)26-19-25(20-27-29(26)32(5,6)16-15-31(27,3)4)28(34)12-9-22-7-10-24(11-8-22)30(35)36/h7-13,19-21,28,34H,14-18H2,1-6H3,(H,35,36)/b12-9-. The van der Waals surface area contributed by atoms with Crippen molar-refractivity contribution in [2.75, 3.05) is 13.1 Å². The first-order valence-corrected chi connectivity index (χ1v) is 13.2. The van der Waals surface area contributed by atoms with Gasteiger partial charge in [-0.15, -0.1) is 0 Å². The maximum atomic E-state index is 11.3. The Morgan fingerprint density at radius 3 is 2.28 bits per heavy atom. The molecule has 0 amide bonds. The average Bonchev–Trinajstić information content (AvgIpc) is 2.85. The highest BCUT2D eigenvalue weighted by Gasteiger charge is 2.39. The van der Waals surface area contributed by atoms with E-state index < -0.39 is 12.1 Å². The van der Waals surface area contributed by atoms with E-state index in [1.54, 1.807) is 30.3 Å². The molecule has 0 aromatic heterocycles. The molecule has 0 bridgehead atoms. The van der Waals surface area contributed by atoms with Gasteiger partial charge in [-0.3, -0.25) is 4.90 Å². The van der Waals surface area contributed by atoms with Crippen molar-refractivity contribution in [3.05, 3.63) is 81.9 Å². The minimum absolute atomic E-state index is 0.0465. The average molecular weight is 488 g/mol. The molecule has 4 rings (SSSR count). The zero-order valence-electron chi connectivity index (χ0n) is 22.6. The van der Waals surface area contributed by atoms with E-state index in [1.165, 1.54) is 22.3 Å². The summed E-state index contributed by atoms with van der Waals surface area (Å²) in [4.78, 5) is 13.6. The van der Waals surface area contributed by atoms with E-state index in [-0.39, 0.29) is 16.4 Å². The molecule has 0 saturated carbocycles. The SMILES string of the molecule is CC(C)N1CC=C(c2cc(C(O)/C=C\c3ccc(C(=O)O)cc3)cc3c2C(C)(C)CCC3(C)C)CC1. The van der Waals surface area contributed by atoms with E-state index in [9.17, 15) is 9.90 Å². The number of nitrogens with zero attached hydrogens (tertiary/aromatic N) is 1. The van der Waals surface area contributed by atoms with Crippen LogP contribution in [0.15, 0.2) is 48.6 Å². The lowest BCUT2D eigenvalue weighted by atomic mass is 9.61. The fourth-order valence-corrected chi connectivity index (χ4v) is 5.68. The predicted molar refractivity (Wildman–Crippen MR) is 148 cm³/mol. The Labute approximate surface area is 216 Å². The number of carboxylic acid groups (broad SMARTS) is 1. The first-order valence-electron chi connectivity index (χ1n) is 13.2. The van der Waals surface area contributed by atoms with Crippen molar-refractivity contribution in [1.82, 2.24) is 4.90 Å². The van der Waals surface area contributed by atoms with Crippen LogP contribution in [0.3, 0.4) is 0 Å². The van der Waals surface area contributed by atoms with Crippen molar-refractivity contribution in [1.29, 1.82) is 0 Å². The smallest absolute Gasteiger partial charge is 0.335 e. The van der Waals surface area contributed by atoms with Crippen LogP contribution < -0.4 is 0 Å². The number of aliphatic hydroxyl groups excluding tert-OH is 1. The van der Waals surface area contributed by atoms with Gasteiger partial charge >= 0.3 is 5.97 Å². The van der Waals surface area contributed by atoms with E-state index in [1.807, 2.05) is 6.08 Å². The number of aromatic carboxylic acids is 1. The third-order valence-electron chi connectivity index (χ3n) is 8.23. The van der Waals surface area contributed by atoms with Gasteiger partial charge in [0.15, 0.2) is 0 Å². The Bertz CT molecular complexity index is 1180. The number of fused-ring (bicyclic) bond motifs is 1. The molecule has 4 nitrogen and oxygen atoms in total. The Morgan fingerprint density at radius 1 is 1.03 bits per heavy atom. The summed E-state index contributed by atoms with van der Waals surface area (Å²) in [5, 5.41) is 20.4. The Balaban J connectivity index is 1.75. The minimum atomic E-state index is -0.939. The van der Waals surface area contributed by atoms with Gasteiger partial charge in [-0.2, -0.15) is 0 Å². The van der Waals surface area contributed by atoms with Crippen LogP contribution in [0.2, 0.25) is 0 Å². The van der Waals surface area contributed by atoms with Crippen LogP contribution in [-0.4, -0.2) is 40.2 Å². The van der Waals surface area contributed by atoms with Crippen molar-refractivity contribution in [3.8, 4) is 0 Å². The second-order valence-electron chi connectivity index (χ2n) is 12.1. The molecule has 2 aromatic rings. The highest BCUT2D eigenvalue weighted by Crippen LogP contribution is 2.50. The zero-order chi connectivity index (χ0) is 26.3. The van der Waals surface area contributed by atoms with Crippen molar-refractivity contribution in [2.24, 2.45) is 0 Å². The summed E-state index contributed by atoms with van der Waals surface area (Å²) in [6, 6.07) is 11.7. The summed E-state index contributed by atoms with van der Waals surface area (Å²) in [7, 11) is 0. The van der Waals surface area contributed by atoms with Gasteiger partial charge in [0.2, 0.25) is 0 Å². The Kier molecular flexibility index (Phi) is 7.32. The van der Waals surface area contributed by atoms with Gasteiger partial charge in [-0.05, 0) is 95.5 Å². The third-order valence-corrected chi connectivity index (χ3v) is 8.23. The second-order valence-corrected chi connectivity index (χ2v) is 12.1. The molecule has 0 radical (unpaired) electrons. The van der Waals surface area contributed by atoms with Crippen LogP contribution in [0.5, 0.6) is 0 Å².